The van der Waals surface area contributed by atoms with E-state index < -0.39 is 18.0 Å². The summed E-state index contributed by atoms with van der Waals surface area (Å²) in [5, 5.41) is 21.3. The molecule has 0 saturated carbocycles. The average Bonchev–Trinajstić information content (AvgIpc) is 2.24. The Morgan fingerprint density at radius 3 is 2.58 bits per heavy atom. The molecule has 0 amide bonds. The van der Waals surface area contributed by atoms with E-state index in [0.29, 0.717) is 11.0 Å². The van der Waals surface area contributed by atoms with Crippen LogP contribution < -0.4 is 5.32 Å². The first kappa shape index (κ1) is 16.1. The fourth-order valence-corrected chi connectivity index (χ4v) is 1.92. The number of aliphatic hydroxyl groups excluding tert-OH is 1. The van der Waals surface area contributed by atoms with Crippen LogP contribution in [-0.4, -0.2) is 28.2 Å². The summed E-state index contributed by atoms with van der Waals surface area (Å²) in [7, 11) is 0. The fraction of sp³-hybridized carbons (Fsp3) is 0.462. The molecule has 0 saturated heterocycles. The number of nitrogens with one attached hydrogen (secondary N) is 1. The minimum absolute atomic E-state index is 0.210. The second-order valence-corrected chi connectivity index (χ2v) is 5.93. The lowest BCUT2D eigenvalue weighted by Gasteiger charge is -2.24. The molecule has 0 aliphatic heterocycles. The lowest BCUT2D eigenvalue weighted by molar-refractivity contribution is -0.182. The standard InChI is InChI=1S/C13H18BrNO4/c1-13(2,3)19-12(18)15-7-9-5-4-8(11(16)17)6-10(9)14/h4-6,12,15,18H,7H2,1-3H3,(H,16,17). The third-order valence-corrected chi connectivity index (χ3v) is 2.97. The summed E-state index contributed by atoms with van der Waals surface area (Å²) >= 11 is 3.30. The fourth-order valence-electron chi connectivity index (χ4n) is 1.40. The van der Waals surface area contributed by atoms with Crippen molar-refractivity contribution in [1.29, 1.82) is 0 Å². The number of carboxylic acid groups (broad SMARTS) is 1. The molecule has 19 heavy (non-hydrogen) atoms. The van der Waals surface area contributed by atoms with Crippen molar-refractivity contribution in [3.8, 4) is 0 Å². The predicted octanol–water partition coefficient (Wildman–Crippen LogP) is 2.33. The number of hydrogen-bond acceptors (Lipinski definition) is 4. The molecule has 0 radical (unpaired) electrons. The Labute approximate surface area is 120 Å². The van der Waals surface area contributed by atoms with E-state index in [9.17, 15) is 9.90 Å². The van der Waals surface area contributed by atoms with Crippen molar-refractivity contribution in [3.63, 3.8) is 0 Å². The van der Waals surface area contributed by atoms with Crippen molar-refractivity contribution in [2.24, 2.45) is 0 Å². The van der Waals surface area contributed by atoms with E-state index >= 15 is 0 Å². The highest BCUT2D eigenvalue weighted by Gasteiger charge is 2.16. The van der Waals surface area contributed by atoms with Crippen LogP contribution in [0.1, 0.15) is 36.7 Å². The summed E-state index contributed by atoms with van der Waals surface area (Å²) in [6.07, 6.45) is -1.08. The van der Waals surface area contributed by atoms with Crippen molar-refractivity contribution in [3.05, 3.63) is 33.8 Å². The van der Waals surface area contributed by atoms with Gasteiger partial charge in [-0.1, -0.05) is 22.0 Å². The maximum absolute atomic E-state index is 10.8. The zero-order valence-electron chi connectivity index (χ0n) is 11.1. The number of halogens is 1. The van der Waals surface area contributed by atoms with Crippen molar-refractivity contribution in [1.82, 2.24) is 5.32 Å². The van der Waals surface area contributed by atoms with Gasteiger partial charge in [0.05, 0.1) is 11.2 Å². The normalized spacial score (nSPS) is 13.3. The molecule has 1 aromatic rings. The van der Waals surface area contributed by atoms with Crippen molar-refractivity contribution >= 4 is 21.9 Å². The first-order valence-electron chi connectivity index (χ1n) is 5.80. The second kappa shape index (κ2) is 6.47. The molecule has 0 aromatic heterocycles. The molecule has 0 bridgehead atoms. The Bertz CT molecular complexity index is 456. The number of aromatic carboxylic acids is 1. The van der Waals surface area contributed by atoms with Crippen molar-refractivity contribution in [2.75, 3.05) is 0 Å². The van der Waals surface area contributed by atoms with Gasteiger partial charge in [0.2, 0.25) is 6.41 Å². The van der Waals surface area contributed by atoms with Gasteiger partial charge in [0.25, 0.3) is 0 Å². The van der Waals surface area contributed by atoms with Gasteiger partial charge in [-0.2, -0.15) is 0 Å². The monoisotopic (exact) mass is 331 g/mol. The van der Waals surface area contributed by atoms with E-state index in [2.05, 4.69) is 21.2 Å². The van der Waals surface area contributed by atoms with Crippen LogP contribution in [0.4, 0.5) is 0 Å². The molecule has 1 rings (SSSR count). The number of rotatable bonds is 5. The molecule has 0 heterocycles. The second-order valence-electron chi connectivity index (χ2n) is 5.07. The van der Waals surface area contributed by atoms with Gasteiger partial charge in [0.1, 0.15) is 0 Å². The maximum atomic E-state index is 10.8. The molecular weight excluding hydrogens is 314 g/mol. The third-order valence-electron chi connectivity index (χ3n) is 2.23. The van der Waals surface area contributed by atoms with Gasteiger partial charge in [-0.05, 0) is 38.5 Å². The van der Waals surface area contributed by atoms with Gasteiger partial charge in [0.15, 0.2) is 0 Å². The topological polar surface area (TPSA) is 78.8 Å². The van der Waals surface area contributed by atoms with Crippen LogP contribution in [0.2, 0.25) is 0 Å². The van der Waals surface area contributed by atoms with E-state index in [1.165, 1.54) is 12.1 Å². The predicted molar refractivity (Wildman–Crippen MR) is 74.8 cm³/mol. The lowest BCUT2D eigenvalue weighted by atomic mass is 10.1. The first-order valence-corrected chi connectivity index (χ1v) is 6.59. The summed E-state index contributed by atoms with van der Waals surface area (Å²) in [6.45, 7) is 5.89. The Balaban J connectivity index is 2.61. The van der Waals surface area contributed by atoms with E-state index in [4.69, 9.17) is 9.84 Å². The summed E-state index contributed by atoms with van der Waals surface area (Å²) in [5.41, 5.74) is 0.597. The molecule has 3 N–H and O–H groups in total. The van der Waals surface area contributed by atoms with Crippen LogP contribution in [-0.2, 0) is 11.3 Å². The zero-order chi connectivity index (χ0) is 14.6. The van der Waals surface area contributed by atoms with E-state index in [-0.39, 0.29) is 5.56 Å². The molecule has 0 aliphatic carbocycles. The lowest BCUT2D eigenvalue weighted by Crippen LogP contribution is -2.37. The van der Waals surface area contributed by atoms with Gasteiger partial charge < -0.3 is 14.9 Å². The zero-order valence-corrected chi connectivity index (χ0v) is 12.7. The molecule has 1 unspecified atom stereocenters. The van der Waals surface area contributed by atoms with E-state index in [1.807, 2.05) is 20.8 Å². The highest BCUT2D eigenvalue weighted by Crippen LogP contribution is 2.19. The molecule has 0 spiro atoms. The number of aliphatic hydroxyl groups is 1. The Hall–Kier alpha value is -0.950. The van der Waals surface area contributed by atoms with Crippen LogP contribution in [0, 0.1) is 0 Å². The SMILES string of the molecule is CC(C)(C)OC(O)NCc1ccc(C(=O)O)cc1Br. The number of hydrogen-bond donors (Lipinski definition) is 3. The summed E-state index contributed by atoms with van der Waals surface area (Å²) < 4.78 is 5.97. The Morgan fingerprint density at radius 1 is 1.47 bits per heavy atom. The molecular formula is C13H18BrNO4. The summed E-state index contributed by atoms with van der Waals surface area (Å²) in [4.78, 5) is 10.8. The third kappa shape index (κ3) is 5.69. The molecule has 0 aliphatic rings. The van der Waals surface area contributed by atoms with Gasteiger partial charge >= 0.3 is 5.97 Å². The first-order chi connectivity index (χ1) is 8.69. The van der Waals surface area contributed by atoms with Crippen molar-refractivity contribution < 1.29 is 19.7 Å². The van der Waals surface area contributed by atoms with Crippen LogP contribution in [0.15, 0.2) is 22.7 Å². The molecule has 1 atom stereocenters. The van der Waals surface area contributed by atoms with Crippen LogP contribution >= 0.6 is 15.9 Å². The summed E-state index contributed by atoms with van der Waals surface area (Å²) in [5.74, 6) is -0.976. The molecule has 1 aromatic carbocycles. The molecule has 6 heteroatoms. The van der Waals surface area contributed by atoms with Crippen molar-refractivity contribution in [2.45, 2.75) is 39.3 Å². The van der Waals surface area contributed by atoms with Gasteiger partial charge in [0, 0.05) is 11.0 Å². The number of ether oxygens (including phenoxy) is 1. The summed E-state index contributed by atoms with van der Waals surface area (Å²) in [6, 6.07) is 4.72. The Morgan fingerprint density at radius 2 is 2.11 bits per heavy atom. The van der Waals surface area contributed by atoms with E-state index in [1.54, 1.807) is 6.07 Å². The molecule has 106 valence electrons. The number of carbonyl (C=O) groups is 1. The van der Waals surface area contributed by atoms with Crippen LogP contribution in [0.5, 0.6) is 0 Å². The van der Waals surface area contributed by atoms with Gasteiger partial charge in [-0.25, -0.2) is 4.79 Å². The van der Waals surface area contributed by atoms with Gasteiger partial charge in [-0.15, -0.1) is 0 Å². The Kier molecular flexibility index (Phi) is 5.49. The highest BCUT2D eigenvalue weighted by molar-refractivity contribution is 9.10. The minimum atomic E-state index is -1.08. The average molecular weight is 332 g/mol. The van der Waals surface area contributed by atoms with Crippen LogP contribution in [0.3, 0.4) is 0 Å². The smallest absolute Gasteiger partial charge is 0.335 e. The highest BCUT2D eigenvalue weighted by atomic mass is 79.9. The molecule has 0 fully saturated rings. The minimum Gasteiger partial charge on any atom is -0.478 e. The van der Waals surface area contributed by atoms with Crippen LogP contribution in [0.25, 0.3) is 0 Å². The number of carboxylic acids is 1. The number of benzene rings is 1. The largest absolute Gasteiger partial charge is 0.478 e. The van der Waals surface area contributed by atoms with E-state index in [0.717, 1.165) is 5.56 Å². The molecule has 5 nitrogen and oxygen atoms in total. The quantitative estimate of drug-likeness (QED) is 0.721. The maximum Gasteiger partial charge on any atom is 0.335 e. The van der Waals surface area contributed by atoms with Gasteiger partial charge in [-0.3, -0.25) is 5.32 Å².